The minimum atomic E-state index is 0.264. The van der Waals surface area contributed by atoms with Crippen molar-refractivity contribution in [2.45, 2.75) is 0 Å². The molecule has 0 atom stereocenters. The van der Waals surface area contributed by atoms with E-state index < -0.39 is 0 Å². The molecule has 0 aromatic rings. The number of rotatable bonds is 1. The first-order valence-electron chi connectivity index (χ1n) is 2.56. The highest BCUT2D eigenvalue weighted by molar-refractivity contribution is 5.65. The highest BCUT2D eigenvalue weighted by Gasteiger charge is 1.96. The molecular weight excluding hydrogens is 120 g/mol. The molecule has 0 aromatic carbocycles. The van der Waals surface area contributed by atoms with Gasteiger partial charge in [0.2, 0.25) is 0 Å². The van der Waals surface area contributed by atoms with Gasteiger partial charge in [0, 0.05) is 21.1 Å². The van der Waals surface area contributed by atoms with Gasteiger partial charge in [0.25, 0.3) is 0 Å². The lowest BCUT2D eigenvalue weighted by Crippen LogP contribution is -2.19. The summed E-state index contributed by atoms with van der Waals surface area (Å²) in [6.07, 6.45) is 0.264. The van der Waals surface area contributed by atoms with Gasteiger partial charge in [-0.05, 0) is 0 Å². The average molecular weight is 132 g/mol. The lowest BCUT2D eigenvalue weighted by molar-refractivity contribution is -0.0483. The summed E-state index contributed by atoms with van der Waals surface area (Å²) in [6.45, 7) is 0. The van der Waals surface area contributed by atoms with Crippen LogP contribution in [-0.2, 0) is 9.57 Å². The Balaban J connectivity index is 3.58. The Hall–Kier alpha value is -0.770. The Labute approximate surface area is 55.0 Å². The molecule has 0 rings (SSSR count). The molecule has 0 aliphatic rings. The summed E-state index contributed by atoms with van der Waals surface area (Å²) in [7, 11) is 6.61. The van der Waals surface area contributed by atoms with Crippen molar-refractivity contribution in [3.05, 3.63) is 0 Å². The summed E-state index contributed by atoms with van der Waals surface area (Å²) in [4.78, 5) is 8.59. The topological polar surface area (TPSA) is 34.1 Å². The van der Waals surface area contributed by atoms with Gasteiger partial charge in [-0.15, -0.1) is 5.06 Å². The summed E-state index contributed by atoms with van der Waals surface area (Å²) in [5, 5.41) is 1.51. The van der Waals surface area contributed by atoms with E-state index in [0.29, 0.717) is 0 Å². The summed E-state index contributed by atoms with van der Waals surface area (Å²) in [5.41, 5.74) is 0. The number of methoxy groups -OCH3 is 1. The predicted molar refractivity (Wildman–Crippen MR) is 35.1 cm³/mol. The summed E-state index contributed by atoms with van der Waals surface area (Å²) >= 11 is 0. The van der Waals surface area contributed by atoms with E-state index in [9.17, 15) is 0 Å². The van der Waals surface area contributed by atoms with Crippen molar-refractivity contribution in [3.8, 4) is 0 Å². The third-order valence-corrected chi connectivity index (χ3v) is 0.618. The minimum absolute atomic E-state index is 0.264. The molecule has 0 radical (unpaired) electrons. The lowest BCUT2D eigenvalue weighted by Gasteiger charge is -2.10. The van der Waals surface area contributed by atoms with E-state index in [-0.39, 0.29) is 6.08 Å². The van der Waals surface area contributed by atoms with Gasteiger partial charge in [-0.3, -0.25) is 0 Å². The fraction of sp³-hybridized carbons (Fsp3) is 0.800. The van der Waals surface area contributed by atoms with E-state index in [1.807, 2.05) is 0 Å². The van der Waals surface area contributed by atoms with Crippen molar-refractivity contribution >= 4 is 6.08 Å². The zero-order valence-electron chi connectivity index (χ0n) is 6.21. The molecular formula is C5H12N2O2. The van der Waals surface area contributed by atoms with E-state index in [0.717, 1.165) is 0 Å². The summed E-state index contributed by atoms with van der Waals surface area (Å²) in [5.74, 6) is 0. The number of aliphatic imine (C=N–C) groups is 1. The van der Waals surface area contributed by atoms with Crippen molar-refractivity contribution in [2.24, 2.45) is 4.99 Å². The Bertz CT molecular complexity index is 101. The fourth-order valence-electron chi connectivity index (χ4n) is 0.326. The second kappa shape index (κ2) is 4.14. The normalized spacial score (nSPS) is 11.9. The molecule has 0 amide bonds. The van der Waals surface area contributed by atoms with Gasteiger partial charge in [-0.2, -0.15) is 0 Å². The first-order valence-corrected chi connectivity index (χ1v) is 2.56. The number of hydrogen-bond donors (Lipinski definition) is 0. The quantitative estimate of drug-likeness (QED) is 0.288. The first-order chi connectivity index (χ1) is 4.20. The first kappa shape index (κ1) is 8.23. The van der Waals surface area contributed by atoms with Crippen LogP contribution in [0.5, 0.6) is 0 Å². The van der Waals surface area contributed by atoms with Gasteiger partial charge >= 0.3 is 6.08 Å². The highest BCUT2D eigenvalue weighted by atomic mass is 16.8. The largest absolute Gasteiger partial charge is 0.453 e. The molecule has 0 saturated carbocycles. The van der Waals surface area contributed by atoms with Crippen molar-refractivity contribution < 1.29 is 9.57 Å². The van der Waals surface area contributed by atoms with Crippen LogP contribution in [0, 0.1) is 0 Å². The van der Waals surface area contributed by atoms with E-state index in [4.69, 9.17) is 9.57 Å². The number of nitrogens with zero attached hydrogens (tertiary/aromatic N) is 2. The molecule has 0 saturated heterocycles. The molecule has 0 aliphatic carbocycles. The SMILES string of the molecule is CN=C(OC)ON(C)C. The Morgan fingerprint density at radius 2 is 2.00 bits per heavy atom. The lowest BCUT2D eigenvalue weighted by atomic mass is 11.1. The van der Waals surface area contributed by atoms with Crippen LogP contribution >= 0.6 is 0 Å². The molecule has 0 heterocycles. The van der Waals surface area contributed by atoms with Crippen molar-refractivity contribution in [1.82, 2.24) is 5.06 Å². The van der Waals surface area contributed by atoms with Crippen LogP contribution in [0.25, 0.3) is 0 Å². The number of ether oxygens (including phenoxy) is 1. The molecule has 0 unspecified atom stereocenters. The molecule has 4 heteroatoms. The standard InChI is InChI=1S/C5H12N2O2/c1-6-5(8-4)9-7(2)3/h1-4H3. The van der Waals surface area contributed by atoms with Crippen LogP contribution in [0.2, 0.25) is 0 Å². The van der Waals surface area contributed by atoms with Crippen LogP contribution in [0.3, 0.4) is 0 Å². The monoisotopic (exact) mass is 132 g/mol. The van der Waals surface area contributed by atoms with Crippen LogP contribution < -0.4 is 0 Å². The second-order valence-electron chi connectivity index (χ2n) is 1.60. The maximum atomic E-state index is 4.91. The van der Waals surface area contributed by atoms with E-state index in [2.05, 4.69) is 4.99 Å². The Morgan fingerprint density at radius 3 is 2.11 bits per heavy atom. The van der Waals surface area contributed by atoms with Gasteiger partial charge in [0.05, 0.1) is 7.11 Å². The van der Waals surface area contributed by atoms with E-state index in [1.54, 1.807) is 21.1 Å². The molecule has 9 heavy (non-hydrogen) atoms. The van der Waals surface area contributed by atoms with Gasteiger partial charge < -0.3 is 9.57 Å². The summed E-state index contributed by atoms with van der Waals surface area (Å²) < 4.78 is 4.70. The zero-order chi connectivity index (χ0) is 7.28. The van der Waals surface area contributed by atoms with Crippen LogP contribution in [0.15, 0.2) is 4.99 Å². The van der Waals surface area contributed by atoms with Gasteiger partial charge in [0.1, 0.15) is 0 Å². The average Bonchev–Trinajstić information content (AvgIpc) is 1.82. The van der Waals surface area contributed by atoms with Gasteiger partial charge in [-0.25, -0.2) is 4.99 Å². The summed E-state index contributed by atoms with van der Waals surface area (Å²) in [6, 6.07) is 0. The molecule has 0 aliphatic heterocycles. The molecule has 4 nitrogen and oxygen atoms in total. The molecule has 0 N–H and O–H groups in total. The zero-order valence-corrected chi connectivity index (χ0v) is 6.21. The van der Waals surface area contributed by atoms with Crippen molar-refractivity contribution in [2.75, 3.05) is 28.3 Å². The predicted octanol–water partition coefficient (Wildman–Crippen LogP) is 0.112. The third-order valence-electron chi connectivity index (χ3n) is 0.618. The number of hydrogen-bond acceptors (Lipinski definition) is 4. The maximum absolute atomic E-state index is 4.91. The molecule has 54 valence electrons. The third kappa shape index (κ3) is 3.78. The molecule has 0 fully saturated rings. The second-order valence-corrected chi connectivity index (χ2v) is 1.60. The van der Waals surface area contributed by atoms with Gasteiger partial charge in [-0.1, -0.05) is 0 Å². The minimum Gasteiger partial charge on any atom is -0.453 e. The van der Waals surface area contributed by atoms with Crippen LogP contribution in [0.1, 0.15) is 0 Å². The highest BCUT2D eigenvalue weighted by Crippen LogP contribution is 1.83. The van der Waals surface area contributed by atoms with E-state index in [1.165, 1.54) is 12.2 Å². The van der Waals surface area contributed by atoms with Crippen molar-refractivity contribution in [3.63, 3.8) is 0 Å². The van der Waals surface area contributed by atoms with Gasteiger partial charge in [0.15, 0.2) is 0 Å². The number of hydroxylamine groups is 2. The maximum Gasteiger partial charge on any atom is 0.402 e. The molecule has 0 spiro atoms. The smallest absolute Gasteiger partial charge is 0.402 e. The Kier molecular flexibility index (Phi) is 3.79. The van der Waals surface area contributed by atoms with Crippen molar-refractivity contribution in [1.29, 1.82) is 0 Å². The molecule has 0 aromatic heterocycles. The molecule has 0 bridgehead atoms. The Morgan fingerprint density at radius 1 is 1.44 bits per heavy atom. The van der Waals surface area contributed by atoms with E-state index >= 15 is 0 Å². The van der Waals surface area contributed by atoms with Crippen LogP contribution in [-0.4, -0.2) is 39.4 Å². The fourth-order valence-corrected chi connectivity index (χ4v) is 0.326. The van der Waals surface area contributed by atoms with Crippen LogP contribution in [0.4, 0.5) is 0 Å².